The third kappa shape index (κ3) is 10.3. The monoisotopic (exact) mass is 672 g/mol. The molecule has 0 radical (unpaired) electrons. The molecule has 0 aliphatic carbocycles. The molecule has 0 saturated heterocycles. The maximum absolute atomic E-state index is 6.52. The highest BCUT2D eigenvalue weighted by molar-refractivity contribution is 5.77. The van der Waals surface area contributed by atoms with Crippen LogP contribution in [0.1, 0.15) is 118 Å². The molecule has 0 spiro atoms. The Bertz CT molecular complexity index is 1580. The lowest BCUT2D eigenvalue weighted by Gasteiger charge is -2.27. The summed E-state index contributed by atoms with van der Waals surface area (Å²) in [6.07, 6.45) is 35.4. The molecule has 0 aliphatic heterocycles. The van der Waals surface area contributed by atoms with Crippen molar-refractivity contribution in [2.75, 3.05) is 0 Å². The molecule has 0 unspecified atom stereocenters. The van der Waals surface area contributed by atoms with E-state index in [1.165, 1.54) is 66.9 Å². The maximum atomic E-state index is 6.52. The van der Waals surface area contributed by atoms with E-state index in [9.17, 15) is 0 Å². The molecule has 270 valence electrons. The van der Waals surface area contributed by atoms with Crippen LogP contribution in [-0.4, -0.2) is 0 Å². The molecule has 0 bridgehead atoms. The molecule has 2 N–H and O–H groups in total. The van der Waals surface area contributed by atoms with Crippen LogP contribution in [0.3, 0.4) is 0 Å². The fourth-order valence-corrected chi connectivity index (χ4v) is 6.86. The summed E-state index contributed by atoms with van der Waals surface area (Å²) in [5.41, 5.74) is 25.1. The molecule has 0 amide bonds. The van der Waals surface area contributed by atoms with Gasteiger partial charge in [0, 0.05) is 11.3 Å². The molecule has 0 aromatic rings. The average Bonchev–Trinajstić information content (AvgIpc) is 3.15. The topological polar surface area (TPSA) is 26.0 Å². The van der Waals surface area contributed by atoms with Crippen molar-refractivity contribution in [1.29, 1.82) is 0 Å². The second-order valence-corrected chi connectivity index (χ2v) is 11.5. The van der Waals surface area contributed by atoms with Crippen molar-refractivity contribution in [1.82, 2.24) is 0 Å². The molecule has 0 fully saturated rings. The van der Waals surface area contributed by atoms with Crippen molar-refractivity contribution < 1.29 is 0 Å². The van der Waals surface area contributed by atoms with Crippen LogP contribution in [0.25, 0.3) is 0 Å². The fourth-order valence-electron chi connectivity index (χ4n) is 6.86. The summed E-state index contributed by atoms with van der Waals surface area (Å²) in [7, 11) is 0. The number of nitrogens with two attached hydrogens (primary N) is 1. The van der Waals surface area contributed by atoms with Crippen LogP contribution in [0.5, 0.6) is 0 Å². The largest absolute Gasteiger partial charge is 0.399 e. The van der Waals surface area contributed by atoms with Gasteiger partial charge in [0.2, 0.25) is 0 Å². The quantitative estimate of drug-likeness (QED) is 0.172. The van der Waals surface area contributed by atoms with Crippen molar-refractivity contribution in [3.8, 4) is 0 Å². The van der Waals surface area contributed by atoms with Gasteiger partial charge in [0.05, 0.1) is 0 Å². The van der Waals surface area contributed by atoms with Crippen LogP contribution in [-0.2, 0) is 0 Å². The molecule has 0 rings (SSSR count). The summed E-state index contributed by atoms with van der Waals surface area (Å²) < 4.78 is 0. The van der Waals surface area contributed by atoms with Gasteiger partial charge in [0.1, 0.15) is 0 Å². The van der Waals surface area contributed by atoms with E-state index < -0.39 is 0 Å². The first-order valence-corrected chi connectivity index (χ1v) is 18.4. The molecule has 0 aromatic carbocycles. The minimum atomic E-state index is 0.773. The molecule has 0 heterocycles. The third-order valence-electron chi connectivity index (χ3n) is 9.29. The van der Waals surface area contributed by atoms with E-state index in [4.69, 9.17) is 5.73 Å². The molecule has 1 heteroatoms. The Kier molecular flexibility index (Phi) is 21.8. The van der Waals surface area contributed by atoms with Crippen molar-refractivity contribution in [2.24, 2.45) is 5.73 Å². The normalized spacial score (nSPS) is 17.7. The summed E-state index contributed by atoms with van der Waals surface area (Å²) in [4.78, 5) is 0. The van der Waals surface area contributed by atoms with Crippen LogP contribution in [0.2, 0.25) is 0 Å². The first kappa shape index (κ1) is 45.6. The van der Waals surface area contributed by atoms with Gasteiger partial charge in [-0.2, -0.15) is 0 Å². The predicted molar refractivity (Wildman–Crippen MR) is 230 cm³/mol. The van der Waals surface area contributed by atoms with Gasteiger partial charge < -0.3 is 5.73 Å². The van der Waals surface area contributed by atoms with Crippen LogP contribution >= 0.6 is 0 Å². The zero-order valence-electron chi connectivity index (χ0n) is 34.8. The summed E-state index contributed by atoms with van der Waals surface area (Å²) in [6, 6.07) is 0. The molecular formula is C49H69N. The van der Waals surface area contributed by atoms with Gasteiger partial charge in [-0.15, -0.1) is 0 Å². The minimum Gasteiger partial charge on any atom is -0.399 e. The summed E-state index contributed by atoms with van der Waals surface area (Å²) in [6.45, 7) is 36.1. The zero-order valence-corrected chi connectivity index (χ0v) is 34.8. The predicted octanol–water partition coefficient (Wildman–Crippen LogP) is 15.1. The summed E-state index contributed by atoms with van der Waals surface area (Å²) in [5.74, 6) is 0. The number of hydrogen-bond acceptors (Lipinski definition) is 1. The summed E-state index contributed by atoms with van der Waals surface area (Å²) >= 11 is 0. The van der Waals surface area contributed by atoms with E-state index in [0.717, 1.165) is 22.4 Å². The van der Waals surface area contributed by atoms with Crippen LogP contribution < -0.4 is 5.73 Å². The second kappa shape index (κ2) is 23.9. The van der Waals surface area contributed by atoms with E-state index in [1.54, 1.807) is 0 Å². The van der Waals surface area contributed by atoms with Crippen LogP contribution in [0.15, 0.2) is 187 Å². The third-order valence-corrected chi connectivity index (χ3v) is 9.29. The maximum Gasteiger partial charge on any atom is 0.0347 e. The van der Waals surface area contributed by atoms with Gasteiger partial charge in [-0.25, -0.2) is 0 Å². The minimum absolute atomic E-state index is 0.773. The number of rotatable bonds is 15. The number of hydrogen-bond donors (Lipinski definition) is 1. The smallest absolute Gasteiger partial charge is 0.0347 e. The molecule has 50 heavy (non-hydrogen) atoms. The van der Waals surface area contributed by atoms with Gasteiger partial charge in [-0.3, -0.25) is 0 Å². The first-order chi connectivity index (χ1) is 24.0. The molecule has 1 nitrogen and oxygen atoms in total. The van der Waals surface area contributed by atoms with E-state index >= 15 is 0 Å². The van der Waals surface area contributed by atoms with Crippen LogP contribution in [0.4, 0.5) is 0 Å². The van der Waals surface area contributed by atoms with Crippen molar-refractivity contribution in [3.05, 3.63) is 187 Å². The molecule has 0 atom stereocenters. The molecular weight excluding hydrogens is 603 g/mol. The van der Waals surface area contributed by atoms with Crippen LogP contribution in [0, 0.1) is 0 Å². The number of allylic oxidation sites excluding steroid dienone is 30. The van der Waals surface area contributed by atoms with Gasteiger partial charge in [-0.05, 0) is 196 Å². The van der Waals surface area contributed by atoms with Gasteiger partial charge >= 0.3 is 0 Å². The van der Waals surface area contributed by atoms with Gasteiger partial charge in [0.15, 0.2) is 0 Å². The van der Waals surface area contributed by atoms with Gasteiger partial charge in [-0.1, -0.05) is 97.2 Å². The molecule has 0 saturated carbocycles. The second-order valence-electron chi connectivity index (χ2n) is 11.5. The van der Waals surface area contributed by atoms with E-state index in [-0.39, 0.29) is 0 Å². The Morgan fingerprint density at radius 1 is 0.220 bits per heavy atom. The Labute approximate surface area is 309 Å². The zero-order chi connectivity index (χ0) is 38.6. The first-order valence-electron chi connectivity index (χ1n) is 18.4. The van der Waals surface area contributed by atoms with E-state index in [0.29, 0.717) is 0 Å². The Hall–Kier alpha value is -4.36. The highest BCUT2D eigenvalue weighted by Crippen LogP contribution is 2.43. The van der Waals surface area contributed by atoms with E-state index in [2.05, 4.69) is 202 Å². The lowest BCUT2D eigenvalue weighted by Crippen LogP contribution is -2.10. The Balaban J connectivity index is 7.63. The molecule has 0 aliphatic rings. The highest BCUT2D eigenvalue weighted by Gasteiger charge is 2.25. The highest BCUT2D eigenvalue weighted by atomic mass is 14.6. The standard InChI is InChI=1S/C49H69N/c1-18-34(17)35(19-2)36(20-3)37(21-4)38(22-5)39(23-6)40(24-7)41(25-8)42(26-9)43(27-10)44(28-11)45(29-12)46(30-13)47(31-14)48(32-15)49(50)33-16/h18-33H,50H2,1-17H3. The van der Waals surface area contributed by atoms with Crippen molar-refractivity contribution in [3.63, 3.8) is 0 Å². The lowest BCUT2D eigenvalue weighted by molar-refractivity contribution is 1.20. The molecule has 0 aromatic heterocycles. The lowest BCUT2D eigenvalue weighted by atomic mass is 9.77. The van der Waals surface area contributed by atoms with E-state index in [1.807, 2.05) is 13.0 Å². The Morgan fingerprint density at radius 3 is 0.520 bits per heavy atom. The van der Waals surface area contributed by atoms with Gasteiger partial charge in [0.25, 0.3) is 0 Å². The SMILES string of the molecule is CC=C(C)C(=CC)C(=CC)C(=CC)C(=CC)C(=CC)C(=CC)C(=CC)C(=CC)C(=CC)C(=CC)C(=CC)C(=CC)C(=CC)C(=CC)C(N)=CC. The van der Waals surface area contributed by atoms with Crippen molar-refractivity contribution in [2.45, 2.75) is 118 Å². The fraction of sp³-hybridized carbons (Fsp3) is 0.347. The summed E-state index contributed by atoms with van der Waals surface area (Å²) in [5, 5.41) is 0. The van der Waals surface area contributed by atoms with Crippen molar-refractivity contribution >= 4 is 0 Å². The average molecular weight is 672 g/mol. The Morgan fingerprint density at radius 2 is 0.380 bits per heavy atom.